The highest BCUT2D eigenvalue weighted by molar-refractivity contribution is 5.77. The van der Waals surface area contributed by atoms with Gasteiger partial charge in [-0.3, -0.25) is 4.79 Å². The van der Waals surface area contributed by atoms with Gasteiger partial charge in [0.05, 0.1) is 0 Å². The first-order valence-corrected chi connectivity index (χ1v) is 4.54. The van der Waals surface area contributed by atoms with Crippen molar-refractivity contribution >= 4 is 5.91 Å². The van der Waals surface area contributed by atoms with Crippen LogP contribution in [0.25, 0.3) is 0 Å². The Hall–Kier alpha value is -0.610. The lowest BCUT2D eigenvalue weighted by Gasteiger charge is -2.20. The molecule has 78 valence electrons. The van der Waals surface area contributed by atoms with Crippen molar-refractivity contribution in [3.8, 4) is 0 Å². The van der Waals surface area contributed by atoms with Gasteiger partial charge in [-0.2, -0.15) is 0 Å². The SMILES string of the molecule is CC(C)(C)NC(=O)COCCCN. The van der Waals surface area contributed by atoms with E-state index in [0.717, 1.165) is 6.42 Å². The Labute approximate surface area is 79.8 Å². The van der Waals surface area contributed by atoms with Crippen LogP contribution >= 0.6 is 0 Å². The number of amides is 1. The number of carbonyl (C=O) groups is 1. The Kier molecular flexibility index (Phi) is 5.66. The second-order valence-corrected chi connectivity index (χ2v) is 3.99. The van der Waals surface area contributed by atoms with Crippen LogP contribution in [-0.2, 0) is 9.53 Å². The third kappa shape index (κ3) is 9.30. The molecular formula is C9H20N2O2. The molecule has 0 spiro atoms. The fourth-order valence-electron chi connectivity index (χ4n) is 0.805. The van der Waals surface area contributed by atoms with Crippen molar-refractivity contribution in [3.63, 3.8) is 0 Å². The number of ether oxygens (including phenoxy) is 1. The molecule has 0 heterocycles. The standard InChI is InChI=1S/C9H20N2O2/c1-9(2,3)11-8(12)7-13-6-4-5-10/h4-7,10H2,1-3H3,(H,11,12). The maximum Gasteiger partial charge on any atom is 0.246 e. The van der Waals surface area contributed by atoms with Gasteiger partial charge in [-0.05, 0) is 33.7 Å². The molecule has 0 aliphatic rings. The molecule has 4 nitrogen and oxygen atoms in total. The lowest BCUT2D eigenvalue weighted by Crippen LogP contribution is -2.42. The zero-order valence-electron chi connectivity index (χ0n) is 8.72. The second kappa shape index (κ2) is 5.94. The van der Waals surface area contributed by atoms with E-state index in [0.29, 0.717) is 13.2 Å². The van der Waals surface area contributed by atoms with Crippen molar-refractivity contribution in [3.05, 3.63) is 0 Å². The molecule has 0 saturated heterocycles. The molecule has 0 bridgehead atoms. The first-order valence-electron chi connectivity index (χ1n) is 4.54. The van der Waals surface area contributed by atoms with Crippen LogP contribution in [0.4, 0.5) is 0 Å². The smallest absolute Gasteiger partial charge is 0.246 e. The van der Waals surface area contributed by atoms with E-state index in [2.05, 4.69) is 5.32 Å². The van der Waals surface area contributed by atoms with E-state index < -0.39 is 0 Å². The first-order chi connectivity index (χ1) is 5.95. The van der Waals surface area contributed by atoms with Crippen LogP contribution in [0.2, 0.25) is 0 Å². The third-order valence-electron chi connectivity index (χ3n) is 1.24. The zero-order valence-corrected chi connectivity index (χ0v) is 8.72. The third-order valence-corrected chi connectivity index (χ3v) is 1.24. The van der Waals surface area contributed by atoms with E-state index in [-0.39, 0.29) is 18.1 Å². The summed E-state index contributed by atoms with van der Waals surface area (Å²) >= 11 is 0. The van der Waals surface area contributed by atoms with Crippen molar-refractivity contribution in [2.45, 2.75) is 32.7 Å². The number of carbonyl (C=O) groups excluding carboxylic acids is 1. The van der Waals surface area contributed by atoms with Gasteiger partial charge in [0.15, 0.2) is 0 Å². The number of hydrogen-bond acceptors (Lipinski definition) is 3. The molecule has 0 aromatic carbocycles. The molecular weight excluding hydrogens is 168 g/mol. The van der Waals surface area contributed by atoms with Crippen molar-refractivity contribution in [2.75, 3.05) is 19.8 Å². The monoisotopic (exact) mass is 188 g/mol. The van der Waals surface area contributed by atoms with Crippen molar-refractivity contribution < 1.29 is 9.53 Å². The molecule has 0 aromatic heterocycles. The second-order valence-electron chi connectivity index (χ2n) is 3.99. The summed E-state index contributed by atoms with van der Waals surface area (Å²) in [5.74, 6) is -0.0791. The van der Waals surface area contributed by atoms with Gasteiger partial charge in [0.25, 0.3) is 0 Å². The minimum Gasteiger partial charge on any atom is -0.372 e. The Morgan fingerprint density at radius 3 is 2.54 bits per heavy atom. The highest BCUT2D eigenvalue weighted by Gasteiger charge is 2.12. The maximum atomic E-state index is 11.2. The largest absolute Gasteiger partial charge is 0.372 e. The average molecular weight is 188 g/mol. The van der Waals surface area contributed by atoms with Crippen LogP contribution in [0.3, 0.4) is 0 Å². The number of rotatable bonds is 5. The van der Waals surface area contributed by atoms with E-state index in [1.807, 2.05) is 20.8 Å². The molecule has 0 aliphatic carbocycles. The minimum absolute atomic E-state index is 0.0791. The lowest BCUT2D eigenvalue weighted by atomic mass is 10.1. The molecule has 0 aromatic rings. The van der Waals surface area contributed by atoms with Gasteiger partial charge in [0.2, 0.25) is 5.91 Å². The summed E-state index contributed by atoms with van der Waals surface area (Å²) in [6.07, 6.45) is 0.794. The molecule has 13 heavy (non-hydrogen) atoms. The van der Waals surface area contributed by atoms with Gasteiger partial charge in [0.1, 0.15) is 6.61 Å². The predicted molar refractivity (Wildman–Crippen MR) is 52.4 cm³/mol. The summed E-state index contributed by atoms with van der Waals surface area (Å²) in [5, 5.41) is 2.80. The quantitative estimate of drug-likeness (QED) is 0.608. The summed E-state index contributed by atoms with van der Waals surface area (Å²) in [5.41, 5.74) is 5.08. The van der Waals surface area contributed by atoms with Gasteiger partial charge in [0, 0.05) is 12.1 Å². The normalized spacial score (nSPS) is 11.4. The molecule has 0 fully saturated rings. The van der Waals surface area contributed by atoms with E-state index >= 15 is 0 Å². The van der Waals surface area contributed by atoms with Crippen molar-refractivity contribution in [1.29, 1.82) is 0 Å². The van der Waals surface area contributed by atoms with Gasteiger partial charge < -0.3 is 15.8 Å². The van der Waals surface area contributed by atoms with E-state index in [1.54, 1.807) is 0 Å². The molecule has 0 radical (unpaired) electrons. The summed E-state index contributed by atoms with van der Waals surface area (Å²) < 4.78 is 5.09. The molecule has 0 aliphatic heterocycles. The van der Waals surface area contributed by atoms with Crippen LogP contribution < -0.4 is 11.1 Å². The highest BCUT2D eigenvalue weighted by atomic mass is 16.5. The molecule has 0 saturated carbocycles. The Bertz CT molecular complexity index is 152. The zero-order chi connectivity index (χ0) is 10.3. The molecule has 3 N–H and O–H groups in total. The van der Waals surface area contributed by atoms with Crippen LogP contribution in [0.5, 0.6) is 0 Å². The van der Waals surface area contributed by atoms with Crippen LogP contribution in [0, 0.1) is 0 Å². The van der Waals surface area contributed by atoms with Gasteiger partial charge in [-0.25, -0.2) is 0 Å². The first kappa shape index (κ1) is 12.4. The van der Waals surface area contributed by atoms with Crippen LogP contribution in [-0.4, -0.2) is 31.2 Å². The lowest BCUT2D eigenvalue weighted by molar-refractivity contribution is -0.127. The van der Waals surface area contributed by atoms with Crippen molar-refractivity contribution in [2.24, 2.45) is 5.73 Å². The Morgan fingerprint density at radius 1 is 1.46 bits per heavy atom. The summed E-state index contributed by atoms with van der Waals surface area (Å²) in [6.45, 7) is 7.08. The Morgan fingerprint density at radius 2 is 2.08 bits per heavy atom. The van der Waals surface area contributed by atoms with Crippen molar-refractivity contribution in [1.82, 2.24) is 5.32 Å². The van der Waals surface area contributed by atoms with E-state index in [9.17, 15) is 4.79 Å². The predicted octanol–water partition coefficient (Wildman–Crippen LogP) is 0.267. The molecule has 4 heteroatoms. The maximum absolute atomic E-state index is 11.2. The molecule has 0 atom stereocenters. The van der Waals surface area contributed by atoms with Gasteiger partial charge in [-0.15, -0.1) is 0 Å². The fourth-order valence-corrected chi connectivity index (χ4v) is 0.805. The van der Waals surface area contributed by atoms with Gasteiger partial charge >= 0.3 is 0 Å². The number of nitrogens with one attached hydrogen (secondary N) is 1. The highest BCUT2D eigenvalue weighted by Crippen LogP contribution is 1.97. The van der Waals surface area contributed by atoms with Crippen LogP contribution in [0.1, 0.15) is 27.2 Å². The van der Waals surface area contributed by atoms with Gasteiger partial charge in [-0.1, -0.05) is 0 Å². The Balaban J connectivity index is 3.41. The summed E-state index contributed by atoms with van der Waals surface area (Å²) in [4.78, 5) is 11.2. The summed E-state index contributed by atoms with van der Waals surface area (Å²) in [7, 11) is 0. The number of hydrogen-bond donors (Lipinski definition) is 2. The van der Waals surface area contributed by atoms with E-state index in [4.69, 9.17) is 10.5 Å². The van der Waals surface area contributed by atoms with Crippen LogP contribution in [0.15, 0.2) is 0 Å². The molecule has 1 amide bonds. The fraction of sp³-hybridized carbons (Fsp3) is 0.889. The summed E-state index contributed by atoms with van der Waals surface area (Å²) in [6, 6.07) is 0. The molecule has 0 unspecified atom stereocenters. The minimum atomic E-state index is -0.186. The average Bonchev–Trinajstić information content (AvgIpc) is 1.94. The van der Waals surface area contributed by atoms with E-state index in [1.165, 1.54) is 0 Å². The molecule has 0 rings (SSSR count). The topological polar surface area (TPSA) is 64.3 Å². The number of nitrogens with two attached hydrogens (primary N) is 1.